The lowest BCUT2D eigenvalue weighted by Gasteiger charge is -2.21. The fourth-order valence-corrected chi connectivity index (χ4v) is 2.14. The Morgan fingerprint density at radius 1 is 1.41 bits per heavy atom. The SMILES string of the molecule is O=C(C=Cc1ccccc1)N1CCC[C@@H]1CO. The van der Waals surface area contributed by atoms with Crippen LogP contribution in [-0.2, 0) is 4.79 Å². The minimum absolute atomic E-state index is 0.00271. The number of amides is 1. The molecular formula is C14H17NO2. The maximum atomic E-state index is 11.9. The van der Waals surface area contributed by atoms with Crippen molar-refractivity contribution in [3.05, 3.63) is 42.0 Å². The average molecular weight is 231 g/mol. The molecule has 3 heteroatoms. The van der Waals surface area contributed by atoms with Crippen LogP contribution in [0.4, 0.5) is 0 Å². The number of aliphatic hydroxyl groups excluding tert-OH is 1. The Kier molecular flexibility index (Phi) is 3.94. The number of carbonyl (C=O) groups excluding carboxylic acids is 1. The summed E-state index contributed by atoms with van der Waals surface area (Å²) in [6.45, 7) is 0.814. The minimum atomic E-state index is -0.00889. The summed E-state index contributed by atoms with van der Waals surface area (Å²) in [5.74, 6) is -0.00889. The van der Waals surface area contributed by atoms with Crippen molar-refractivity contribution in [1.29, 1.82) is 0 Å². The molecule has 0 aromatic heterocycles. The maximum absolute atomic E-state index is 11.9. The summed E-state index contributed by atoms with van der Waals surface area (Å²) >= 11 is 0. The van der Waals surface area contributed by atoms with Crippen LogP contribution in [0.3, 0.4) is 0 Å². The van der Waals surface area contributed by atoms with Crippen molar-refractivity contribution in [1.82, 2.24) is 4.90 Å². The fourth-order valence-electron chi connectivity index (χ4n) is 2.14. The molecule has 0 aliphatic carbocycles. The van der Waals surface area contributed by atoms with Crippen LogP contribution in [0.25, 0.3) is 6.08 Å². The zero-order valence-corrected chi connectivity index (χ0v) is 9.75. The van der Waals surface area contributed by atoms with Crippen LogP contribution in [0, 0.1) is 0 Å². The van der Waals surface area contributed by atoms with Gasteiger partial charge in [-0.05, 0) is 24.5 Å². The summed E-state index contributed by atoms with van der Waals surface area (Å²) in [7, 11) is 0. The summed E-state index contributed by atoms with van der Waals surface area (Å²) in [6.07, 6.45) is 5.29. The smallest absolute Gasteiger partial charge is 0.246 e. The van der Waals surface area contributed by atoms with Gasteiger partial charge in [-0.3, -0.25) is 4.79 Å². The van der Waals surface area contributed by atoms with Crippen LogP contribution in [0.2, 0.25) is 0 Å². The first-order valence-electron chi connectivity index (χ1n) is 5.96. The second-order valence-electron chi connectivity index (χ2n) is 4.25. The largest absolute Gasteiger partial charge is 0.394 e. The molecule has 1 aromatic carbocycles. The van der Waals surface area contributed by atoms with E-state index in [1.54, 1.807) is 11.0 Å². The Hall–Kier alpha value is -1.61. The third-order valence-corrected chi connectivity index (χ3v) is 3.09. The van der Waals surface area contributed by atoms with Crippen LogP contribution in [0.15, 0.2) is 36.4 Å². The molecule has 1 aliphatic heterocycles. The Labute approximate surface area is 101 Å². The standard InChI is InChI=1S/C14H17NO2/c16-11-13-7-4-10-15(13)14(17)9-8-12-5-2-1-3-6-12/h1-3,5-6,8-9,13,16H,4,7,10-11H2/t13-/m1/s1. The highest BCUT2D eigenvalue weighted by Gasteiger charge is 2.26. The fraction of sp³-hybridized carbons (Fsp3) is 0.357. The number of nitrogens with zero attached hydrogens (tertiary/aromatic N) is 1. The van der Waals surface area contributed by atoms with E-state index in [-0.39, 0.29) is 18.6 Å². The van der Waals surface area contributed by atoms with Crippen LogP contribution < -0.4 is 0 Å². The van der Waals surface area contributed by atoms with E-state index in [2.05, 4.69) is 0 Å². The topological polar surface area (TPSA) is 40.5 Å². The van der Waals surface area contributed by atoms with E-state index in [0.29, 0.717) is 0 Å². The molecule has 90 valence electrons. The lowest BCUT2D eigenvalue weighted by atomic mass is 10.2. The van der Waals surface area contributed by atoms with Gasteiger partial charge in [0, 0.05) is 12.6 Å². The van der Waals surface area contributed by atoms with Gasteiger partial charge in [0.1, 0.15) is 0 Å². The first-order valence-corrected chi connectivity index (χ1v) is 5.96. The number of carbonyl (C=O) groups is 1. The van der Waals surface area contributed by atoms with Crippen molar-refractivity contribution in [3.8, 4) is 0 Å². The van der Waals surface area contributed by atoms with Gasteiger partial charge in [0.25, 0.3) is 0 Å². The van der Waals surface area contributed by atoms with E-state index < -0.39 is 0 Å². The number of benzene rings is 1. The molecule has 1 N–H and O–H groups in total. The van der Waals surface area contributed by atoms with Crippen molar-refractivity contribution in [2.45, 2.75) is 18.9 Å². The number of aliphatic hydroxyl groups is 1. The molecule has 17 heavy (non-hydrogen) atoms. The molecule has 0 unspecified atom stereocenters. The Morgan fingerprint density at radius 3 is 2.88 bits per heavy atom. The second kappa shape index (κ2) is 5.64. The molecule has 2 rings (SSSR count). The van der Waals surface area contributed by atoms with Crippen LogP contribution in [0.5, 0.6) is 0 Å². The predicted octanol–water partition coefficient (Wildman–Crippen LogP) is 1.68. The Morgan fingerprint density at radius 2 is 2.18 bits per heavy atom. The van der Waals surface area contributed by atoms with E-state index in [1.165, 1.54) is 0 Å². The molecule has 1 heterocycles. The van der Waals surface area contributed by atoms with Crippen molar-refractivity contribution in [2.75, 3.05) is 13.2 Å². The van der Waals surface area contributed by atoms with Crippen LogP contribution >= 0.6 is 0 Å². The summed E-state index contributed by atoms with van der Waals surface area (Å²) in [5, 5.41) is 9.15. The Balaban J connectivity index is 1.99. The summed E-state index contributed by atoms with van der Waals surface area (Å²) in [4.78, 5) is 13.7. The van der Waals surface area contributed by atoms with E-state index >= 15 is 0 Å². The quantitative estimate of drug-likeness (QED) is 0.804. The first kappa shape index (κ1) is 11.9. The monoisotopic (exact) mass is 231 g/mol. The highest BCUT2D eigenvalue weighted by Crippen LogP contribution is 2.17. The molecule has 1 amide bonds. The molecule has 0 radical (unpaired) electrons. The predicted molar refractivity (Wildman–Crippen MR) is 67.3 cm³/mol. The van der Waals surface area contributed by atoms with Crippen molar-refractivity contribution in [3.63, 3.8) is 0 Å². The molecular weight excluding hydrogens is 214 g/mol. The molecule has 1 saturated heterocycles. The van der Waals surface area contributed by atoms with Gasteiger partial charge in [-0.15, -0.1) is 0 Å². The second-order valence-corrected chi connectivity index (χ2v) is 4.25. The summed E-state index contributed by atoms with van der Waals surface area (Å²) < 4.78 is 0. The van der Waals surface area contributed by atoms with Gasteiger partial charge < -0.3 is 10.0 Å². The lowest BCUT2D eigenvalue weighted by Crippen LogP contribution is -2.36. The van der Waals surface area contributed by atoms with Crippen LogP contribution in [-0.4, -0.2) is 35.1 Å². The van der Waals surface area contributed by atoms with Crippen molar-refractivity contribution >= 4 is 12.0 Å². The van der Waals surface area contributed by atoms with Gasteiger partial charge in [-0.25, -0.2) is 0 Å². The molecule has 0 bridgehead atoms. The number of hydrogen-bond acceptors (Lipinski definition) is 2. The molecule has 1 aliphatic rings. The maximum Gasteiger partial charge on any atom is 0.246 e. The molecule has 1 aromatic rings. The average Bonchev–Trinajstić information content (AvgIpc) is 2.85. The van der Waals surface area contributed by atoms with E-state index in [0.717, 1.165) is 24.9 Å². The molecule has 1 fully saturated rings. The number of rotatable bonds is 3. The van der Waals surface area contributed by atoms with Crippen molar-refractivity contribution < 1.29 is 9.90 Å². The molecule has 0 spiro atoms. The van der Waals surface area contributed by atoms with Gasteiger partial charge in [0.2, 0.25) is 5.91 Å². The van der Waals surface area contributed by atoms with E-state index in [9.17, 15) is 4.79 Å². The normalized spacial score (nSPS) is 20.1. The highest BCUT2D eigenvalue weighted by atomic mass is 16.3. The summed E-state index contributed by atoms with van der Waals surface area (Å²) in [5.41, 5.74) is 1.01. The third-order valence-electron chi connectivity index (χ3n) is 3.09. The number of likely N-dealkylation sites (tertiary alicyclic amines) is 1. The number of hydrogen-bond donors (Lipinski definition) is 1. The minimum Gasteiger partial charge on any atom is -0.394 e. The van der Waals surface area contributed by atoms with Gasteiger partial charge in [0.15, 0.2) is 0 Å². The van der Waals surface area contributed by atoms with E-state index in [4.69, 9.17) is 5.11 Å². The zero-order valence-electron chi connectivity index (χ0n) is 9.75. The van der Waals surface area contributed by atoms with Gasteiger partial charge in [-0.1, -0.05) is 30.3 Å². The summed E-state index contributed by atoms with van der Waals surface area (Å²) in [6, 6.07) is 9.74. The van der Waals surface area contributed by atoms with E-state index in [1.807, 2.05) is 36.4 Å². The van der Waals surface area contributed by atoms with Gasteiger partial charge in [-0.2, -0.15) is 0 Å². The molecule has 3 nitrogen and oxygen atoms in total. The van der Waals surface area contributed by atoms with Gasteiger partial charge >= 0.3 is 0 Å². The first-order chi connectivity index (χ1) is 8.31. The molecule has 1 atom stereocenters. The lowest BCUT2D eigenvalue weighted by molar-refractivity contribution is -0.127. The van der Waals surface area contributed by atoms with Crippen LogP contribution in [0.1, 0.15) is 18.4 Å². The van der Waals surface area contributed by atoms with Crippen molar-refractivity contribution in [2.24, 2.45) is 0 Å². The Bertz CT molecular complexity index is 400. The van der Waals surface area contributed by atoms with Gasteiger partial charge in [0.05, 0.1) is 12.6 Å². The highest BCUT2D eigenvalue weighted by molar-refractivity contribution is 5.92. The molecule has 0 saturated carbocycles. The zero-order chi connectivity index (χ0) is 12.1. The third kappa shape index (κ3) is 2.94.